The van der Waals surface area contributed by atoms with Gasteiger partial charge in [-0.15, -0.1) is 5.10 Å². The summed E-state index contributed by atoms with van der Waals surface area (Å²) in [4.78, 5) is 2.16. The first-order valence-corrected chi connectivity index (χ1v) is 5.96. The number of aromatic nitrogens is 3. The molecule has 0 unspecified atom stereocenters. The van der Waals surface area contributed by atoms with Crippen LogP contribution in [0.15, 0.2) is 30.5 Å². The van der Waals surface area contributed by atoms with Crippen LogP contribution in [-0.4, -0.2) is 34.0 Å². The molecular weight excluding hydrogens is 226 g/mol. The van der Waals surface area contributed by atoms with Gasteiger partial charge in [0.1, 0.15) is 0 Å². The molecule has 5 nitrogen and oxygen atoms in total. The lowest BCUT2D eigenvalue weighted by atomic mass is 10.2. The molecule has 1 heterocycles. The second-order valence-corrected chi connectivity index (χ2v) is 4.64. The van der Waals surface area contributed by atoms with E-state index < -0.39 is 0 Å². The summed E-state index contributed by atoms with van der Waals surface area (Å²) in [5, 5.41) is 11.1. The number of nitrogens with zero attached hydrogens (tertiary/aromatic N) is 4. The van der Waals surface area contributed by atoms with Crippen molar-refractivity contribution in [3.05, 3.63) is 41.7 Å². The Morgan fingerprint density at radius 3 is 2.83 bits per heavy atom. The number of hydrogen-bond acceptors (Lipinski definition) is 4. The SMILES string of the molecule is CN(C)Cc1cccc(NCc2cnnn2C)c1. The van der Waals surface area contributed by atoms with Gasteiger partial charge in [0.2, 0.25) is 0 Å². The van der Waals surface area contributed by atoms with Crippen LogP contribution in [0, 0.1) is 0 Å². The minimum absolute atomic E-state index is 0.731. The fourth-order valence-corrected chi connectivity index (χ4v) is 1.81. The van der Waals surface area contributed by atoms with Gasteiger partial charge in [-0.25, -0.2) is 0 Å². The number of hydrogen-bond donors (Lipinski definition) is 1. The average Bonchev–Trinajstić information content (AvgIpc) is 2.72. The zero-order chi connectivity index (χ0) is 13.0. The van der Waals surface area contributed by atoms with E-state index in [0.717, 1.165) is 24.5 Å². The molecule has 0 aliphatic heterocycles. The molecule has 0 radical (unpaired) electrons. The normalized spacial score (nSPS) is 10.9. The smallest absolute Gasteiger partial charge is 0.0774 e. The number of rotatable bonds is 5. The van der Waals surface area contributed by atoms with Gasteiger partial charge in [-0.3, -0.25) is 4.68 Å². The molecule has 0 fully saturated rings. The molecule has 0 aliphatic rings. The third kappa shape index (κ3) is 3.30. The molecule has 2 rings (SSSR count). The standard InChI is InChI=1S/C13H19N5/c1-17(2)10-11-5-4-6-12(7-11)14-8-13-9-15-16-18(13)3/h4-7,9,14H,8,10H2,1-3H3. The molecule has 0 saturated carbocycles. The summed E-state index contributed by atoms with van der Waals surface area (Å²) < 4.78 is 1.77. The largest absolute Gasteiger partial charge is 0.379 e. The van der Waals surface area contributed by atoms with E-state index in [0.29, 0.717) is 0 Å². The zero-order valence-electron chi connectivity index (χ0n) is 11.1. The van der Waals surface area contributed by atoms with Gasteiger partial charge in [0.05, 0.1) is 18.4 Å². The highest BCUT2D eigenvalue weighted by Crippen LogP contribution is 2.12. The lowest BCUT2D eigenvalue weighted by Gasteiger charge is -2.12. The Labute approximate surface area is 107 Å². The average molecular weight is 245 g/mol. The lowest BCUT2D eigenvalue weighted by molar-refractivity contribution is 0.402. The monoisotopic (exact) mass is 245 g/mol. The first-order valence-electron chi connectivity index (χ1n) is 5.96. The maximum Gasteiger partial charge on any atom is 0.0774 e. The molecule has 0 spiro atoms. The molecule has 1 aromatic carbocycles. The Kier molecular flexibility index (Phi) is 3.94. The quantitative estimate of drug-likeness (QED) is 0.867. The summed E-state index contributed by atoms with van der Waals surface area (Å²) in [5.41, 5.74) is 3.48. The van der Waals surface area contributed by atoms with Gasteiger partial charge < -0.3 is 10.2 Å². The second kappa shape index (κ2) is 5.64. The maximum absolute atomic E-state index is 3.91. The number of nitrogens with one attached hydrogen (secondary N) is 1. The van der Waals surface area contributed by atoms with Crippen LogP contribution in [0.3, 0.4) is 0 Å². The molecular formula is C13H19N5. The van der Waals surface area contributed by atoms with Gasteiger partial charge in [-0.2, -0.15) is 0 Å². The molecule has 18 heavy (non-hydrogen) atoms. The summed E-state index contributed by atoms with van der Waals surface area (Å²) in [7, 11) is 6.04. The molecule has 5 heteroatoms. The molecule has 0 saturated heterocycles. The molecule has 0 aliphatic carbocycles. The summed E-state index contributed by atoms with van der Waals surface area (Å²) in [6, 6.07) is 8.45. The number of benzene rings is 1. The van der Waals surface area contributed by atoms with E-state index in [1.54, 1.807) is 10.9 Å². The first-order chi connectivity index (χ1) is 8.65. The van der Waals surface area contributed by atoms with Crippen molar-refractivity contribution in [2.24, 2.45) is 7.05 Å². The molecule has 0 atom stereocenters. The van der Waals surface area contributed by atoms with E-state index in [2.05, 4.69) is 58.9 Å². The summed E-state index contributed by atoms with van der Waals surface area (Å²) >= 11 is 0. The lowest BCUT2D eigenvalue weighted by Crippen LogP contribution is -2.11. The molecule has 0 amide bonds. The van der Waals surface area contributed by atoms with E-state index in [-0.39, 0.29) is 0 Å². The fraction of sp³-hybridized carbons (Fsp3) is 0.385. The van der Waals surface area contributed by atoms with Gasteiger partial charge in [0.15, 0.2) is 0 Å². The molecule has 1 aromatic heterocycles. The van der Waals surface area contributed by atoms with Crippen molar-refractivity contribution < 1.29 is 0 Å². The Morgan fingerprint density at radius 1 is 1.33 bits per heavy atom. The predicted molar refractivity (Wildman–Crippen MR) is 72.2 cm³/mol. The minimum atomic E-state index is 0.731. The summed E-state index contributed by atoms with van der Waals surface area (Å²) in [5.74, 6) is 0. The van der Waals surface area contributed by atoms with Crippen LogP contribution in [0.1, 0.15) is 11.3 Å². The third-order valence-electron chi connectivity index (χ3n) is 2.71. The van der Waals surface area contributed by atoms with Crippen molar-refractivity contribution in [2.45, 2.75) is 13.1 Å². The van der Waals surface area contributed by atoms with Crippen molar-refractivity contribution in [3.8, 4) is 0 Å². The van der Waals surface area contributed by atoms with Gasteiger partial charge in [-0.1, -0.05) is 17.3 Å². The highest BCUT2D eigenvalue weighted by Gasteiger charge is 2.01. The van der Waals surface area contributed by atoms with E-state index in [9.17, 15) is 0 Å². The second-order valence-electron chi connectivity index (χ2n) is 4.64. The van der Waals surface area contributed by atoms with Crippen LogP contribution in [-0.2, 0) is 20.1 Å². The van der Waals surface area contributed by atoms with Gasteiger partial charge >= 0.3 is 0 Å². The molecule has 0 bridgehead atoms. The van der Waals surface area contributed by atoms with E-state index in [4.69, 9.17) is 0 Å². The summed E-state index contributed by atoms with van der Waals surface area (Å²) in [6.07, 6.45) is 1.77. The van der Waals surface area contributed by atoms with Crippen LogP contribution in [0.2, 0.25) is 0 Å². The van der Waals surface area contributed by atoms with Crippen molar-refractivity contribution >= 4 is 5.69 Å². The molecule has 2 aromatic rings. The van der Waals surface area contributed by atoms with Crippen molar-refractivity contribution in [2.75, 3.05) is 19.4 Å². The minimum Gasteiger partial charge on any atom is -0.379 e. The number of anilines is 1. The predicted octanol–water partition coefficient (Wildman–Crippen LogP) is 1.49. The Balaban J connectivity index is 1.99. The highest BCUT2D eigenvalue weighted by atomic mass is 15.4. The van der Waals surface area contributed by atoms with Gasteiger partial charge in [0.25, 0.3) is 0 Å². The maximum atomic E-state index is 3.91. The summed E-state index contributed by atoms with van der Waals surface area (Å²) in [6.45, 7) is 1.68. The third-order valence-corrected chi connectivity index (χ3v) is 2.71. The van der Waals surface area contributed by atoms with Gasteiger partial charge in [0, 0.05) is 19.3 Å². The Morgan fingerprint density at radius 2 is 2.17 bits per heavy atom. The van der Waals surface area contributed by atoms with Crippen molar-refractivity contribution in [3.63, 3.8) is 0 Å². The molecule has 96 valence electrons. The topological polar surface area (TPSA) is 46.0 Å². The van der Waals surface area contributed by atoms with E-state index in [1.165, 1.54) is 5.56 Å². The van der Waals surface area contributed by atoms with Crippen molar-refractivity contribution in [1.29, 1.82) is 0 Å². The highest BCUT2D eigenvalue weighted by molar-refractivity contribution is 5.45. The Hall–Kier alpha value is -1.88. The van der Waals surface area contributed by atoms with Crippen molar-refractivity contribution in [1.82, 2.24) is 19.9 Å². The van der Waals surface area contributed by atoms with Crippen LogP contribution in [0.5, 0.6) is 0 Å². The van der Waals surface area contributed by atoms with Crippen LogP contribution in [0.4, 0.5) is 5.69 Å². The zero-order valence-corrected chi connectivity index (χ0v) is 11.1. The van der Waals surface area contributed by atoms with E-state index in [1.807, 2.05) is 7.05 Å². The van der Waals surface area contributed by atoms with Crippen LogP contribution in [0.25, 0.3) is 0 Å². The number of aryl methyl sites for hydroxylation is 1. The fourth-order valence-electron chi connectivity index (χ4n) is 1.81. The molecule has 1 N–H and O–H groups in total. The van der Waals surface area contributed by atoms with Crippen LogP contribution < -0.4 is 5.32 Å². The Bertz CT molecular complexity index is 504. The van der Waals surface area contributed by atoms with Gasteiger partial charge in [-0.05, 0) is 31.8 Å². The first kappa shape index (κ1) is 12.6. The van der Waals surface area contributed by atoms with E-state index >= 15 is 0 Å². The van der Waals surface area contributed by atoms with Crippen LogP contribution >= 0.6 is 0 Å².